The van der Waals surface area contributed by atoms with E-state index in [0.717, 1.165) is 5.57 Å². The number of esters is 1. The van der Waals surface area contributed by atoms with E-state index >= 15 is 0 Å². The molecule has 1 fully saturated rings. The Morgan fingerprint density at radius 3 is 3.17 bits per heavy atom. The Bertz CT molecular complexity index is 259. The molecule has 2 heterocycles. The maximum Gasteiger partial charge on any atom is 0.314 e. The summed E-state index contributed by atoms with van der Waals surface area (Å²) in [5, 5.41) is 12.6. The van der Waals surface area contributed by atoms with Crippen LogP contribution in [0.25, 0.3) is 0 Å². The summed E-state index contributed by atoms with van der Waals surface area (Å²) in [6.07, 6.45) is 0. The third-order valence-corrected chi connectivity index (χ3v) is 2.44. The van der Waals surface area contributed by atoms with Gasteiger partial charge >= 0.3 is 5.97 Å². The van der Waals surface area contributed by atoms with Crippen LogP contribution in [-0.2, 0) is 9.53 Å². The molecule has 1 saturated heterocycles. The average Bonchev–Trinajstić information content (AvgIpc) is 2.41. The fourth-order valence-corrected chi connectivity index (χ4v) is 1.62. The quantitative estimate of drug-likeness (QED) is 0.500. The van der Waals surface area contributed by atoms with Crippen LogP contribution < -0.4 is 5.32 Å². The molecule has 0 amide bonds. The summed E-state index contributed by atoms with van der Waals surface area (Å²) in [4.78, 5) is 11.1. The summed E-state index contributed by atoms with van der Waals surface area (Å²) >= 11 is 0. The first-order chi connectivity index (χ1) is 5.70. The molecule has 0 spiro atoms. The second-order valence-electron chi connectivity index (χ2n) is 3.20. The zero-order chi connectivity index (χ0) is 8.72. The second-order valence-corrected chi connectivity index (χ2v) is 3.20. The molecule has 2 rings (SSSR count). The lowest BCUT2D eigenvalue weighted by atomic mass is 9.94. The average molecular weight is 169 g/mol. The van der Waals surface area contributed by atoms with E-state index in [9.17, 15) is 9.90 Å². The zero-order valence-corrected chi connectivity index (χ0v) is 6.83. The van der Waals surface area contributed by atoms with Crippen molar-refractivity contribution in [3.8, 4) is 0 Å². The molecule has 4 nitrogen and oxygen atoms in total. The number of aliphatic hydroxyl groups is 1. The minimum Gasteiger partial charge on any atom is -0.511 e. The Kier molecular flexibility index (Phi) is 1.58. The van der Waals surface area contributed by atoms with Crippen LogP contribution in [0.3, 0.4) is 0 Å². The van der Waals surface area contributed by atoms with Gasteiger partial charge in [-0.05, 0) is 6.92 Å². The van der Waals surface area contributed by atoms with E-state index in [1.807, 2.05) is 6.92 Å². The molecule has 0 radical (unpaired) electrons. The first-order valence-corrected chi connectivity index (χ1v) is 4.02. The molecule has 2 aliphatic heterocycles. The molecule has 2 unspecified atom stereocenters. The van der Waals surface area contributed by atoms with Gasteiger partial charge < -0.3 is 15.2 Å². The first kappa shape index (κ1) is 7.61. The van der Waals surface area contributed by atoms with Gasteiger partial charge in [0.1, 0.15) is 12.4 Å². The molecule has 4 heteroatoms. The van der Waals surface area contributed by atoms with E-state index in [4.69, 9.17) is 4.74 Å². The molecule has 2 aliphatic rings. The molecule has 12 heavy (non-hydrogen) atoms. The predicted octanol–water partition coefficient (Wildman–Crippen LogP) is -0.0368. The second kappa shape index (κ2) is 2.48. The van der Waals surface area contributed by atoms with E-state index in [2.05, 4.69) is 5.32 Å². The summed E-state index contributed by atoms with van der Waals surface area (Å²) in [7, 11) is 0. The smallest absolute Gasteiger partial charge is 0.314 e. The van der Waals surface area contributed by atoms with Crippen LogP contribution in [0.15, 0.2) is 11.3 Å². The third kappa shape index (κ3) is 0.914. The van der Waals surface area contributed by atoms with Crippen LogP contribution >= 0.6 is 0 Å². The highest BCUT2D eigenvalue weighted by molar-refractivity contribution is 5.79. The van der Waals surface area contributed by atoms with Gasteiger partial charge in [0.25, 0.3) is 0 Å². The van der Waals surface area contributed by atoms with Crippen molar-refractivity contribution in [3.63, 3.8) is 0 Å². The van der Waals surface area contributed by atoms with Crippen molar-refractivity contribution in [3.05, 3.63) is 11.3 Å². The molecule has 0 bridgehead atoms. The molecule has 0 aromatic heterocycles. The Hall–Kier alpha value is -1.03. The number of hydrogen-bond acceptors (Lipinski definition) is 4. The van der Waals surface area contributed by atoms with Crippen LogP contribution in [0.5, 0.6) is 0 Å². The van der Waals surface area contributed by atoms with E-state index in [1.54, 1.807) is 0 Å². The lowest BCUT2D eigenvalue weighted by molar-refractivity contribution is -0.141. The van der Waals surface area contributed by atoms with Crippen molar-refractivity contribution in [1.82, 2.24) is 5.32 Å². The van der Waals surface area contributed by atoms with Gasteiger partial charge in [-0.2, -0.15) is 0 Å². The number of ether oxygens (including phenoxy) is 1. The highest BCUT2D eigenvalue weighted by atomic mass is 16.5. The van der Waals surface area contributed by atoms with Gasteiger partial charge in [-0.3, -0.25) is 4.79 Å². The van der Waals surface area contributed by atoms with Gasteiger partial charge in [0.15, 0.2) is 0 Å². The van der Waals surface area contributed by atoms with Crippen LogP contribution in [0.4, 0.5) is 0 Å². The number of fused-ring (bicyclic) bond motifs is 1. The van der Waals surface area contributed by atoms with Crippen LogP contribution in [0, 0.1) is 5.92 Å². The highest BCUT2D eigenvalue weighted by Gasteiger charge is 2.38. The normalized spacial score (nSPS) is 34.9. The monoisotopic (exact) mass is 169 g/mol. The molecule has 2 atom stereocenters. The first-order valence-electron chi connectivity index (χ1n) is 4.02. The Morgan fingerprint density at radius 1 is 1.67 bits per heavy atom. The molecule has 0 aromatic rings. The van der Waals surface area contributed by atoms with Crippen LogP contribution in [-0.4, -0.2) is 30.3 Å². The number of rotatable bonds is 0. The van der Waals surface area contributed by atoms with Crippen molar-refractivity contribution in [1.29, 1.82) is 0 Å². The Morgan fingerprint density at radius 2 is 2.42 bits per heavy atom. The summed E-state index contributed by atoms with van der Waals surface area (Å²) in [5.74, 6) is -0.200. The fraction of sp³-hybridized carbons (Fsp3) is 0.625. The van der Waals surface area contributed by atoms with Gasteiger partial charge in [-0.25, -0.2) is 0 Å². The Balaban J connectivity index is 2.35. The minimum absolute atomic E-state index is 0.0502. The summed E-state index contributed by atoms with van der Waals surface area (Å²) in [6.45, 7) is 2.71. The summed E-state index contributed by atoms with van der Waals surface area (Å²) < 4.78 is 4.82. The largest absolute Gasteiger partial charge is 0.511 e. The van der Waals surface area contributed by atoms with Crippen molar-refractivity contribution < 1.29 is 14.6 Å². The fourth-order valence-electron chi connectivity index (χ4n) is 1.62. The number of cyclic esters (lactones) is 1. The lowest BCUT2D eigenvalue weighted by Gasteiger charge is -2.23. The minimum atomic E-state index is -0.249. The number of carbonyl (C=O) groups is 1. The van der Waals surface area contributed by atoms with Crippen LogP contribution in [0.1, 0.15) is 6.92 Å². The standard InChI is InChI=1S/C8H11NO3/c1-4-7(10)6-3-12-8(11)5(6)2-9-4/h4-5,9-10H,2-3H2,1H3. The topological polar surface area (TPSA) is 58.6 Å². The molecule has 0 saturated carbocycles. The van der Waals surface area contributed by atoms with Crippen molar-refractivity contribution in [2.24, 2.45) is 5.92 Å². The lowest BCUT2D eigenvalue weighted by Crippen LogP contribution is -2.40. The van der Waals surface area contributed by atoms with Gasteiger partial charge in [-0.15, -0.1) is 0 Å². The van der Waals surface area contributed by atoms with E-state index in [-0.39, 0.29) is 30.3 Å². The molecular formula is C8H11NO3. The van der Waals surface area contributed by atoms with Crippen molar-refractivity contribution >= 4 is 5.97 Å². The maximum absolute atomic E-state index is 11.1. The van der Waals surface area contributed by atoms with Gasteiger partial charge in [0.2, 0.25) is 0 Å². The summed E-state index contributed by atoms with van der Waals surface area (Å²) in [5.41, 5.74) is 0.756. The highest BCUT2D eigenvalue weighted by Crippen LogP contribution is 2.27. The maximum atomic E-state index is 11.1. The number of nitrogens with one attached hydrogen (secondary N) is 1. The van der Waals surface area contributed by atoms with Gasteiger partial charge in [-0.1, -0.05) is 0 Å². The number of carbonyl (C=O) groups excluding carboxylic acids is 1. The molecule has 2 N–H and O–H groups in total. The predicted molar refractivity (Wildman–Crippen MR) is 41.6 cm³/mol. The molecule has 0 aromatic carbocycles. The third-order valence-electron chi connectivity index (χ3n) is 2.44. The van der Waals surface area contributed by atoms with E-state index in [0.29, 0.717) is 6.54 Å². The van der Waals surface area contributed by atoms with Gasteiger partial charge in [0.05, 0.1) is 12.0 Å². The van der Waals surface area contributed by atoms with Crippen molar-refractivity contribution in [2.75, 3.05) is 13.2 Å². The van der Waals surface area contributed by atoms with Crippen LogP contribution in [0.2, 0.25) is 0 Å². The Labute approximate surface area is 70.2 Å². The molecular weight excluding hydrogens is 158 g/mol. The SMILES string of the molecule is CC1NCC2C(=O)OCC2=C1O. The van der Waals surface area contributed by atoms with E-state index < -0.39 is 0 Å². The molecule has 66 valence electrons. The zero-order valence-electron chi connectivity index (χ0n) is 6.83. The van der Waals surface area contributed by atoms with Gasteiger partial charge in [0, 0.05) is 12.1 Å². The molecule has 0 aliphatic carbocycles. The van der Waals surface area contributed by atoms with Crippen molar-refractivity contribution in [2.45, 2.75) is 13.0 Å². The van der Waals surface area contributed by atoms with E-state index in [1.165, 1.54) is 0 Å². The number of aliphatic hydroxyl groups excluding tert-OH is 1. The summed E-state index contributed by atoms with van der Waals surface area (Å²) in [6, 6.07) is -0.0502. The number of hydrogen-bond donors (Lipinski definition) is 2.